The number of aliphatic hydroxyl groups is 1. The molecular formula is C14H20N2O2. The maximum Gasteiger partial charge on any atom is 0.248 e. The van der Waals surface area contributed by atoms with E-state index in [1.54, 1.807) is 12.1 Å². The van der Waals surface area contributed by atoms with Crippen molar-refractivity contribution in [2.24, 2.45) is 11.1 Å². The predicted molar refractivity (Wildman–Crippen MR) is 70.0 cm³/mol. The maximum absolute atomic E-state index is 11.1. The number of amides is 1. The minimum atomic E-state index is -0.406. The molecule has 0 aliphatic heterocycles. The average molecular weight is 248 g/mol. The Morgan fingerprint density at radius 3 is 2.83 bits per heavy atom. The van der Waals surface area contributed by atoms with Crippen LogP contribution in [0.25, 0.3) is 0 Å². The van der Waals surface area contributed by atoms with E-state index in [0.717, 1.165) is 12.0 Å². The zero-order valence-electron chi connectivity index (χ0n) is 10.8. The Labute approximate surface area is 107 Å². The molecule has 4 nitrogen and oxygen atoms in total. The first-order valence-corrected chi connectivity index (χ1v) is 6.21. The standard InChI is InChI=1S/C14H20N2O2/c1-14(2)11(7-12(14)17)16-8-9-4-3-5-10(6-9)13(15)18/h3-6,11-12,16-17H,7-8H2,1-2H3,(H2,15,18). The summed E-state index contributed by atoms with van der Waals surface area (Å²) < 4.78 is 0. The van der Waals surface area contributed by atoms with Crippen LogP contribution in [0.3, 0.4) is 0 Å². The van der Waals surface area contributed by atoms with Gasteiger partial charge >= 0.3 is 0 Å². The molecule has 98 valence electrons. The summed E-state index contributed by atoms with van der Waals surface area (Å²) in [5.41, 5.74) is 6.72. The van der Waals surface area contributed by atoms with Crippen molar-refractivity contribution in [1.29, 1.82) is 0 Å². The van der Waals surface area contributed by atoms with Crippen LogP contribution in [0, 0.1) is 5.41 Å². The minimum Gasteiger partial charge on any atom is -0.392 e. The van der Waals surface area contributed by atoms with Crippen molar-refractivity contribution in [1.82, 2.24) is 5.32 Å². The van der Waals surface area contributed by atoms with Gasteiger partial charge in [-0.3, -0.25) is 4.79 Å². The third-order valence-electron chi connectivity index (χ3n) is 3.98. The lowest BCUT2D eigenvalue weighted by Crippen LogP contribution is -2.59. The van der Waals surface area contributed by atoms with Crippen molar-refractivity contribution in [3.8, 4) is 0 Å². The highest BCUT2D eigenvalue weighted by Crippen LogP contribution is 2.40. The molecule has 1 saturated carbocycles. The van der Waals surface area contributed by atoms with Crippen molar-refractivity contribution in [2.45, 2.75) is 39.0 Å². The average Bonchev–Trinajstić information content (AvgIpc) is 2.34. The fourth-order valence-corrected chi connectivity index (χ4v) is 2.32. The summed E-state index contributed by atoms with van der Waals surface area (Å²) >= 11 is 0. The van der Waals surface area contributed by atoms with Gasteiger partial charge in [-0.1, -0.05) is 26.0 Å². The normalized spacial score (nSPS) is 25.5. The van der Waals surface area contributed by atoms with E-state index in [9.17, 15) is 9.90 Å². The largest absolute Gasteiger partial charge is 0.392 e. The minimum absolute atomic E-state index is 0.0820. The summed E-state index contributed by atoms with van der Waals surface area (Å²) in [4.78, 5) is 11.1. The van der Waals surface area contributed by atoms with Crippen LogP contribution in [-0.4, -0.2) is 23.2 Å². The Kier molecular flexibility index (Phi) is 3.41. The number of primary amides is 1. The smallest absolute Gasteiger partial charge is 0.248 e. The van der Waals surface area contributed by atoms with Crippen molar-refractivity contribution in [3.63, 3.8) is 0 Å². The zero-order chi connectivity index (χ0) is 13.3. The number of hydrogen-bond acceptors (Lipinski definition) is 3. The number of rotatable bonds is 4. The van der Waals surface area contributed by atoms with Gasteiger partial charge in [0.05, 0.1) is 6.10 Å². The molecule has 0 saturated heterocycles. The van der Waals surface area contributed by atoms with Crippen LogP contribution in [0.15, 0.2) is 24.3 Å². The maximum atomic E-state index is 11.1. The first-order chi connectivity index (χ1) is 8.41. The Balaban J connectivity index is 1.95. The second kappa shape index (κ2) is 4.71. The fourth-order valence-electron chi connectivity index (χ4n) is 2.32. The first kappa shape index (κ1) is 13.1. The molecule has 1 aromatic rings. The van der Waals surface area contributed by atoms with Crippen molar-refractivity contribution in [3.05, 3.63) is 35.4 Å². The summed E-state index contributed by atoms with van der Waals surface area (Å²) in [7, 11) is 0. The van der Waals surface area contributed by atoms with Crippen LogP contribution < -0.4 is 11.1 Å². The number of carbonyl (C=O) groups excluding carboxylic acids is 1. The van der Waals surface area contributed by atoms with Crippen molar-refractivity contribution < 1.29 is 9.90 Å². The van der Waals surface area contributed by atoms with Crippen LogP contribution in [0.4, 0.5) is 0 Å². The zero-order valence-corrected chi connectivity index (χ0v) is 10.8. The van der Waals surface area contributed by atoms with Gasteiger partial charge < -0.3 is 16.2 Å². The summed E-state index contributed by atoms with van der Waals surface area (Å²) in [6, 6.07) is 7.62. The molecule has 4 heteroatoms. The van der Waals surface area contributed by atoms with Crippen LogP contribution >= 0.6 is 0 Å². The van der Waals surface area contributed by atoms with Gasteiger partial charge in [0.15, 0.2) is 0 Å². The van der Waals surface area contributed by atoms with E-state index < -0.39 is 5.91 Å². The number of carbonyl (C=O) groups is 1. The molecule has 1 fully saturated rings. The number of nitrogens with two attached hydrogens (primary N) is 1. The number of hydrogen-bond donors (Lipinski definition) is 3. The SMILES string of the molecule is CC1(C)C(O)CC1NCc1cccc(C(N)=O)c1. The molecule has 1 aliphatic rings. The molecule has 2 unspecified atom stereocenters. The molecule has 0 spiro atoms. The van der Waals surface area contributed by atoms with Crippen LogP contribution in [-0.2, 0) is 6.54 Å². The third kappa shape index (κ3) is 2.40. The third-order valence-corrected chi connectivity index (χ3v) is 3.98. The Morgan fingerprint density at radius 1 is 1.56 bits per heavy atom. The van der Waals surface area contributed by atoms with E-state index in [1.165, 1.54) is 0 Å². The number of benzene rings is 1. The molecule has 0 heterocycles. The van der Waals surface area contributed by atoms with Gasteiger partial charge in [-0.2, -0.15) is 0 Å². The lowest BCUT2D eigenvalue weighted by Gasteiger charge is -2.49. The molecule has 0 bridgehead atoms. The highest BCUT2D eigenvalue weighted by Gasteiger charge is 2.46. The van der Waals surface area contributed by atoms with Crippen molar-refractivity contribution >= 4 is 5.91 Å². The van der Waals surface area contributed by atoms with Crippen LogP contribution in [0.5, 0.6) is 0 Å². The van der Waals surface area contributed by atoms with Crippen LogP contribution in [0.1, 0.15) is 36.2 Å². The van der Waals surface area contributed by atoms with E-state index in [4.69, 9.17) is 5.73 Å². The monoisotopic (exact) mass is 248 g/mol. The van der Waals surface area contributed by atoms with E-state index in [0.29, 0.717) is 18.2 Å². The van der Waals surface area contributed by atoms with E-state index in [1.807, 2.05) is 12.1 Å². The Morgan fingerprint density at radius 2 is 2.28 bits per heavy atom. The van der Waals surface area contributed by atoms with Gasteiger partial charge in [0, 0.05) is 23.6 Å². The molecule has 1 aromatic carbocycles. The number of aliphatic hydroxyl groups excluding tert-OH is 1. The summed E-state index contributed by atoms with van der Waals surface area (Å²) in [6.07, 6.45) is 0.551. The van der Waals surface area contributed by atoms with Gasteiger partial charge in [0.1, 0.15) is 0 Å². The lowest BCUT2D eigenvalue weighted by molar-refractivity contribution is -0.0729. The van der Waals surface area contributed by atoms with Crippen molar-refractivity contribution in [2.75, 3.05) is 0 Å². The molecule has 1 amide bonds. The van der Waals surface area contributed by atoms with Gasteiger partial charge in [-0.25, -0.2) is 0 Å². The quantitative estimate of drug-likeness (QED) is 0.745. The molecule has 18 heavy (non-hydrogen) atoms. The lowest BCUT2D eigenvalue weighted by atomic mass is 9.64. The second-order valence-electron chi connectivity index (χ2n) is 5.57. The molecule has 0 aromatic heterocycles. The van der Waals surface area contributed by atoms with Crippen LogP contribution in [0.2, 0.25) is 0 Å². The van der Waals surface area contributed by atoms with Gasteiger partial charge in [0.25, 0.3) is 0 Å². The molecule has 2 atom stereocenters. The summed E-state index contributed by atoms with van der Waals surface area (Å²) in [5, 5.41) is 13.1. The highest BCUT2D eigenvalue weighted by atomic mass is 16.3. The highest BCUT2D eigenvalue weighted by molar-refractivity contribution is 5.92. The summed E-state index contributed by atoms with van der Waals surface area (Å²) in [6.45, 7) is 4.79. The topological polar surface area (TPSA) is 75.3 Å². The Hall–Kier alpha value is -1.39. The molecule has 2 rings (SSSR count). The molecule has 1 aliphatic carbocycles. The molecular weight excluding hydrogens is 228 g/mol. The summed E-state index contributed by atoms with van der Waals surface area (Å²) in [5.74, 6) is -0.406. The van der Waals surface area contributed by atoms with E-state index in [2.05, 4.69) is 19.2 Å². The fraction of sp³-hybridized carbons (Fsp3) is 0.500. The van der Waals surface area contributed by atoms with E-state index in [-0.39, 0.29) is 11.5 Å². The van der Waals surface area contributed by atoms with Gasteiger partial charge in [-0.15, -0.1) is 0 Å². The Bertz CT molecular complexity index is 457. The first-order valence-electron chi connectivity index (χ1n) is 6.21. The van der Waals surface area contributed by atoms with Gasteiger partial charge in [-0.05, 0) is 24.1 Å². The number of nitrogens with one attached hydrogen (secondary N) is 1. The second-order valence-corrected chi connectivity index (χ2v) is 5.57. The predicted octanol–water partition coefficient (Wildman–Crippen LogP) is 1.03. The molecule has 0 radical (unpaired) electrons. The molecule has 4 N–H and O–H groups in total. The van der Waals surface area contributed by atoms with Gasteiger partial charge in [0.2, 0.25) is 5.91 Å². The van der Waals surface area contributed by atoms with E-state index >= 15 is 0 Å².